The van der Waals surface area contributed by atoms with E-state index in [9.17, 15) is 117 Å². The highest BCUT2D eigenvalue weighted by atomic mass is 16.8. The molecule has 4 aliphatic carbocycles. The molecule has 0 spiro atoms. The predicted molar refractivity (Wildman–Crippen MR) is 320 cm³/mol. The first kappa shape index (κ1) is 78.6. The molecule has 11 aliphatic rings. The van der Waals surface area contributed by atoms with Gasteiger partial charge < -0.3 is 179 Å². The van der Waals surface area contributed by atoms with Crippen LogP contribution in [0.1, 0.15) is 85.5 Å². The third-order valence-electron chi connectivity index (χ3n) is 24.5. The molecule has 99 heavy (non-hydrogen) atoms. The Bertz CT molecular complexity index is 2600. The van der Waals surface area contributed by atoms with Crippen molar-refractivity contribution >= 4 is 0 Å². The van der Waals surface area contributed by atoms with E-state index in [1.54, 1.807) is 0 Å². The lowest BCUT2D eigenvalue weighted by Gasteiger charge is -2.65. The van der Waals surface area contributed by atoms with Crippen molar-refractivity contribution in [2.45, 2.75) is 299 Å². The molecular formula is C63H106O36. The van der Waals surface area contributed by atoms with Crippen LogP contribution in [0.5, 0.6) is 0 Å². The van der Waals surface area contributed by atoms with Crippen LogP contribution >= 0.6 is 0 Å². The van der Waals surface area contributed by atoms with Gasteiger partial charge in [-0.1, -0.05) is 27.7 Å². The lowest BCUT2D eigenvalue weighted by molar-refractivity contribution is -0.412. The Morgan fingerprint density at radius 2 is 0.879 bits per heavy atom. The van der Waals surface area contributed by atoms with Crippen LogP contribution in [0.4, 0.5) is 0 Å². The summed E-state index contributed by atoms with van der Waals surface area (Å²) >= 11 is 0. The van der Waals surface area contributed by atoms with Crippen molar-refractivity contribution in [1.29, 1.82) is 0 Å². The van der Waals surface area contributed by atoms with Crippen molar-refractivity contribution < 1.29 is 179 Å². The van der Waals surface area contributed by atoms with E-state index in [2.05, 4.69) is 6.92 Å². The summed E-state index contributed by atoms with van der Waals surface area (Å²) in [5, 5.41) is 253. The smallest absolute Gasteiger partial charge is 0.187 e. The van der Waals surface area contributed by atoms with Crippen LogP contribution in [-0.2, 0) is 61.6 Å². The topological polar surface area (TPSA) is 585 Å². The van der Waals surface area contributed by atoms with Gasteiger partial charge in [0.2, 0.25) is 0 Å². The highest BCUT2D eigenvalue weighted by Crippen LogP contribution is 2.72. The monoisotopic (exact) mass is 1440 g/mol. The lowest BCUT2D eigenvalue weighted by Crippen LogP contribution is -2.69. The average Bonchev–Trinajstić information content (AvgIpc) is 1.61. The van der Waals surface area contributed by atoms with Crippen LogP contribution in [-0.4, -0.2) is 378 Å². The molecule has 0 aromatic heterocycles. The third-order valence-corrected chi connectivity index (χ3v) is 24.5. The van der Waals surface area contributed by atoms with Gasteiger partial charge in [-0.05, 0) is 80.0 Å². The summed E-state index contributed by atoms with van der Waals surface area (Å²) in [6, 6.07) is 0. The summed E-state index contributed by atoms with van der Waals surface area (Å²) in [7, 11) is 0. The molecule has 0 aromatic rings. The molecule has 11 rings (SSSR count). The minimum absolute atomic E-state index is 0.0119. The molecule has 43 atom stereocenters. The van der Waals surface area contributed by atoms with Crippen molar-refractivity contribution in [2.24, 2.45) is 46.3 Å². The van der Waals surface area contributed by atoms with Crippen LogP contribution in [0.3, 0.4) is 0 Å². The highest BCUT2D eigenvalue weighted by Gasteiger charge is 2.71. The molecule has 7 saturated heterocycles. The van der Waals surface area contributed by atoms with E-state index in [-0.39, 0.29) is 72.9 Å². The maximum absolute atomic E-state index is 12.9. The summed E-state index contributed by atoms with van der Waals surface area (Å²) in [5.41, 5.74) is -2.57. The number of hydrogen-bond donors (Lipinski definition) is 23. The minimum Gasteiger partial charge on any atom is -0.394 e. The first-order chi connectivity index (χ1) is 46.8. The van der Waals surface area contributed by atoms with Crippen LogP contribution < -0.4 is 0 Å². The van der Waals surface area contributed by atoms with Gasteiger partial charge in [-0.3, -0.25) is 0 Å². The maximum atomic E-state index is 12.9. The first-order valence-corrected chi connectivity index (χ1v) is 34.6. The Morgan fingerprint density at radius 1 is 0.434 bits per heavy atom. The lowest BCUT2D eigenvalue weighted by atomic mass is 9.42. The normalized spacial score (nSPS) is 55.8. The number of ether oxygens (including phenoxy) is 13. The molecule has 4 saturated carbocycles. The van der Waals surface area contributed by atoms with Crippen LogP contribution in [0.2, 0.25) is 0 Å². The van der Waals surface area contributed by atoms with Crippen LogP contribution in [0.15, 0.2) is 0 Å². The zero-order valence-corrected chi connectivity index (χ0v) is 55.4. The number of fused-ring (bicyclic) bond motifs is 7. The zero-order chi connectivity index (χ0) is 72.0. The van der Waals surface area contributed by atoms with Gasteiger partial charge in [-0.25, -0.2) is 0 Å². The molecule has 574 valence electrons. The fraction of sp³-hybridized carbons (Fsp3) is 1.00. The van der Waals surface area contributed by atoms with Gasteiger partial charge in [-0.2, -0.15) is 0 Å². The van der Waals surface area contributed by atoms with Crippen molar-refractivity contribution in [3.8, 4) is 0 Å². The van der Waals surface area contributed by atoms with Gasteiger partial charge in [0.25, 0.3) is 0 Å². The average molecular weight is 1440 g/mol. The molecule has 7 heterocycles. The number of aliphatic hydroxyl groups excluding tert-OH is 21. The van der Waals surface area contributed by atoms with E-state index in [1.807, 2.05) is 20.8 Å². The molecule has 0 unspecified atom stereocenters. The number of hydrogen-bond acceptors (Lipinski definition) is 36. The van der Waals surface area contributed by atoms with Crippen molar-refractivity contribution in [3.63, 3.8) is 0 Å². The third kappa shape index (κ3) is 14.3. The quantitative estimate of drug-likeness (QED) is 0.0448. The Morgan fingerprint density at radius 3 is 1.43 bits per heavy atom. The minimum atomic E-state index is -2.29. The Labute approximate surface area is 569 Å². The second-order valence-electron chi connectivity index (χ2n) is 30.2. The van der Waals surface area contributed by atoms with Gasteiger partial charge in [0.15, 0.2) is 43.5 Å². The van der Waals surface area contributed by atoms with Gasteiger partial charge >= 0.3 is 0 Å². The Hall–Kier alpha value is -1.44. The molecule has 36 nitrogen and oxygen atoms in total. The SMILES string of the molecule is C[C@H](CC[C@@]1(O)O[C@H]2C[C@H]3[C@@H]4CC[C@@]5(O)C[C@@H](O[C@@H]6O[C@H](CO)[C@H](O[C@@H]7O[C@H](CO)[C@@H](O)[C@H](O[C@@H]8O[C@H](CO)[C@@H](O)[C@H](O)[C@H]8O)[C@H]7O[C@@H]7O[C@H](CO)[C@@H](O)[C@H](O[C@@H]8O[C@H](CO)[C@@H](O)[C@H](O)[C@H]8O)[C@H]7O)[C@H](O)[C@H]6O)[C@H](O)C[C@]5(C)[C@@H]4CC[C@]3(C)[C@H]2[C@@H]1C)CO[C@@H]1O[C@H](CO)[C@@H](O)[C@H](O)[C@H]1O. The van der Waals surface area contributed by atoms with E-state index in [0.717, 1.165) is 6.42 Å². The molecule has 7 aliphatic heterocycles. The van der Waals surface area contributed by atoms with Crippen molar-refractivity contribution in [2.75, 3.05) is 46.2 Å². The Balaban J connectivity index is 0.761. The predicted octanol–water partition coefficient (Wildman–Crippen LogP) is -10.2. The number of rotatable bonds is 22. The largest absolute Gasteiger partial charge is 0.394 e. The molecule has 23 N–H and O–H groups in total. The molecule has 0 aromatic carbocycles. The summed E-state index contributed by atoms with van der Waals surface area (Å²) in [6.45, 7) is 2.62. The molecular weight excluding hydrogens is 1330 g/mol. The second kappa shape index (κ2) is 31.0. The van der Waals surface area contributed by atoms with E-state index < -0.39 is 253 Å². The van der Waals surface area contributed by atoms with Crippen molar-refractivity contribution in [1.82, 2.24) is 0 Å². The summed E-state index contributed by atoms with van der Waals surface area (Å²) in [4.78, 5) is 0. The molecule has 0 radical (unpaired) electrons. The summed E-state index contributed by atoms with van der Waals surface area (Å²) in [5.74, 6) is -1.76. The van der Waals surface area contributed by atoms with E-state index >= 15 is 0 Å². The molecule has 0 bridgehead atoms. The van der Waals surface area contributed by atoms with Gasteiger partial charge in [0.05, 0.1) is 70.2 Å². The highest BCUT2D eigenvalue weighted by molar-refractivity contribution is 5.19. The van der Waals surface area contributed by atoms with Gasteiger partial charge in [-0.15, -0.1) is 0 Å². The van der Waals surface area contributed by atoms with E-state index in [0.29, 0.717) is 32.1 Å². The number of aliphatic hydroxyl groups is 23. The first-order valence-electron chi connectivity index (χ1n) is 34.6. The van der Waals surface area contributed by atoms with Crippen LogP contribution in [0, 0.1) is 46.3 Å². The summed E-state index contributed by atoms with van der Waals surface area (Å²) in [6.07, 6.45) is -56.1. The van der Waals surface area contributed by atoms with Crippen LogP contribution in [0.25, 0.3) is 0 Å². The van der Waals surface area contributed by atoms with Gasteiger partial charge in [0.1, 0.15) is 146 Å². The van der Waals surface area contributed by atoms with E-state index in [1.165, 1.54) is 0 Å². The maximum Gasteiger partial charge on any atom is 0.187 e. The molecule has 11 fully saturated rings. The van der Waals surface area contributed by atoms with E-state index in [4.69, 9.17) is 61.6 Å². The standard InChI is InChI=1S/C63H106O36/c1-21(20-87-54-45(80)41(76)36(71)29(14-64)89-54)5-10-63(86)22(2)35-27(99-63)11-25-23-6-9-62(85)13-28(26(70)12-61(62,4)24(23)7-8-60(25,35)3)88-55-48(83)44(79)50(34(19-69)94-55)95-59-53(52(40(75)33(18-68)93-59)97-57-47(82)43(78)38(73)31(16-66)91-57)98-58-49(84)51(39(74)32(17-67)92-58)96-56-46(81)42(77)37(72)30(15-65)90-56/h21-59,64-86H,5-20H2,1-4H3/t21-,22+,23-,24-,25+,26-,27+,28-,29-,30-,31-,32-,33-,34-,35+,36-,37-,38-,39-,40-,41+,42+,43+,44-,45-,46-,47-,48-,49-,50+,51+,52+,53-,54-,55-,56+,57+,58+,59+,60+,61-,62-,63-/m1/s1. The Kier molecular flexibility index (Phi) is 24.6. The van der Waals surface area contributed by atoms with Gasteiger partial charge in [0, 0.05) is 24.2 Å². The fourth-order valence-electron chi connectivity index (χ4n) is 18.6. The van der Waals surface area contributed by atoms with Crippen molar-refractivity contribution in [3.05, 3.63) is 0 Å². The second-order valence-corrected chi connectivity index (χ2v) is 30.2. The summed E-state index contributed by atoms with van der Waals surface area (Å²) < 4.78 is 77.4. The fourth-order valence-corrected chi connectivity index (χ4v) is 18.6. The molecule has 0 amide bonds. The molecule has 36 heteroatoms. The zero-order valence-electron chi connectivity index (χ0n) is 55.4.